The van der Waals surface area contributed by atoms with E-state index < -0.39 is 0 Å². The minimum Gasteiger partial charge on any atom is -0.316 e. The number of nitrogens with zero attached hydrogens (tertiary/aromatic N) is 1. The molecule has 0 bridgehead atoms. The van der Waals surface area contributed by atoms with E-state index in [1.807, 2.05) is 12.1 Å². The first kappa shape index (κ1) is 12.1. The third-order valence-electron chi connectivity index (χ3n) is 4.82. The molecule has 1 unspecified atom stereocenters. The lowest BCUT2D eigenvalue weighted by Crippen LogP contribution is -2.41. The fourth-order valence-electron chi connectivity index (χ4n) is 3.56. The van der Waals surface area contributed by atoms with Gasteiger partial charge in [-0.3, -0.25) is 0 Å². The SMILES string of the molecule is CN1CCC2(CC1)CNCC2c1ccc(F)cc1. The molecule has 18 heavy (non-hydrogen) atoms. The molecule has 0 aliphatic carbocycles. The van der Waals surface area contributed by atoms with Crippen LogP contribution in [0.1, 0.15) is 24.3 Å². The molecule has 0 saturated carbocycles. The highest BCUT2D eigenvalue weighted by molar-refractivity contribution is 5.26. The van der Waals surface area contributed by atoms with Gasteiger partial charge in [-0.15, -0.1) is 0 Å². The van der Waals surface area contributed by atoms with Crippen molar-refractivity contribution < 1.29 is 4.39 Å². The van der Waals surface area contributed by atoms with Gasteiger partial charge < -0.3 is 10.2 Å². The molecule has 2 aliphatic heterocycles. The molecular formula is C15H21FN2. The molecule has 0 aromatic heterocycles. The van der Waals surface area contributed by atoms with Crippen molar-refractivity contribution in [2.75, 3.05) is 33.2 Å². The minimum absolute atomic E-state index is 0.137. The summed E-state index contributed by atoms with van der Waals surface area (Å²) in [6.07, 6.45) is 2.50. The Hall–Kier alpha value is -0.930. The second kappa shape index (κ2) is 4.63. The Morgan fingerprint density at radius 1 is 1.22 bits per heavy atom. The van der Waals surface area contributed by atoms with Gasteiger partial charge in [0, 0.05) is 19.0 Å². The van der Waals surface area contributed by atoms with Gasteiger partial charge in [0.25, 0.3) is 0 Å². The molecule has 1 N–H and O–H groups in total. The third-order valence-corrected chi connectivity index (χ3v) is 4.82. The topological polar surface area (TPSA) is 15.3 Å². The summed E-state index contributed by atoms with van der Waals surface area (Å²) in [5.74, 6) is 0.411. The monoisotopic (exact) mass is 248 g/mol. The Labute approximate surface area is 108 Å². The van der Waals surface area contributed by atoms with Crippen LogP contribution in [0.5, 0.6) is 0 Å². The molecule has 1 aromatic carbocycles. The first-order valence-electron chi connectivity index (χ1n) is 6.84. The quantitative estimate of drug-likeness (QED) is 0.820. The smallest absolute Gasteiger partial charge is 0.123 e. The summed E-state index contributed by atoms with van der Waals surface area (Å²) in [4.78, 5) is 2.41. The van der Waals surface area contributed by atoms with Crippen LogP contribution in [-0.2, 0) is 0 Å². The number of hydrogen-bond acceptors (Lipinski definition) is 2. The zero-order valence-electron chi connectivity index (χ0n) is 11.0. The van der Waals surface area contributed by atoms with Gasteiger partial charge >= 0.3 is 0 Å². The van der Waals surface area contributed by atoms with Crippen molar-refractivity contribution >= 4 is 0 Å². The summed E-state index contributed by atoms with van der Waals surface area (Å²) in [6.45, 7) is 4.51. The molecule has 2 aliphatic rings. The predicted octanol–water partition coefficient (Wildman–Crippen LogP) is 2.22. The summed E-state index contributed by atoms with van der Waals surface area (Å²) < 4.78 is 13.0. The van der Waals surface area contributed by atoms with Gasteiger partial charge in [0.15, 0.2) is 0 Å². The van der Waals surface area contributed by atoms with Crippen LogP contribution >= 0.6 is 0 Å². The Balaban J connectivity index is 1.84. The number of halogens is 1. The highest BCUT2D eigenvalue weighted by Gasteiger charge is 2.44. The van der Waals surface area contributed by atoms with E-state index in [0.29, 0.717) is 11.3 Å². The first-order chi connectivity index (χ1) is 8.70. The standard InChI is InChI=1S/C15H21FN2/c1-18-8-6-15(7-9-18)11-17-10-14(15)12-2-4-13(16)5-3-12/h2-5,14,17H,6-11H2,1H3. The second-order valence-electron chi connectivity index (χ2n) is 5.90. The highest BCUT2D eigenvalue weighted by Crippen LogP contribution is 2.46. The lowest BCUT2D eigenvalue weighted by Gasteiger charge is -2.41. The Bertz CT molecular complexity index is 407. The second-order valence-corrected chi connectivity index (χ2v) is 5.90. The summed E-state index contributed by atoms with van der Waals surface area (Å²) in [6, 6.07) is 7.12. The Morgan fingerprint density at radius 2 is 1.89 bits per heavy atom. The lowest BCUT2D eigenvalue weighted by atomic mass is 9.68. The van der Waals surface area contributed by atoms with E-state index in [-0.39, 0.29) is 5.82 Å². The van der Waals surface area contributed by atoms with Gasteiger partial charge in [0.05, 0.1) is 0 Å². The molecule has 2 saturated heterocycles. The maximum atomic E-state index is 13.0. The first-order valence-corrected chi connectivity index (χ1v) is 6.84. The number of rotatable bonds is 1. The van der Waals surface area contributed by atoms with Crippen LogP contribution in [0.3, 0.4) is 0 Å². The highest BCUT2D eigenvalue weighted by atomic mass is 19.1. The Kier molecular flexibility index (Phi) is 3.12. The maximum Gasteiger partial charge on any atom is 0.123 e. The van der Waals surface area contributed by atoms with Gasteiger partial charge in [-0.2, -0.15) is 0 Å². The molecule has 1 atom stereocenters. The lowest BCUT2D eigenvalue weighted by molar-refractivity contribution is 0.124. The van der Waals surface area contributed by atoms with Gasteiger partial charge in [-0.05, 0) is 56.1 Å². The van der Waals surface area contributed by atoms with Crippen LogP contribution < -0.4 is 5.32 Å². The van der Waals surface area contributed by atoms with Crippen LogP contribution in [-0.4, -0.2) is 38.1 Å². The molecule has 2 heterocycles. The van der Waals surface area contributed by atoms with E-state index in [0.717, 1.165) is 13.1 Å². The van der Waals surface area contributed by atoms with Crippen LogP contribution in [0.15, 0.2) is 24.3 Å². The van der Waals surface area contributed by atoms with E-state index in [1.54, 1.807) is 12.1 Å². The molecule has 1 spiro atoms. The van der Waals surface area contributed by atoms with Crippen molar-refractivity contribution in [2.45, 2.75) is 18.8 Å². The molecule has 2 nitrogen and oxygen atoms in total. The van der Waals surface area contributed by atoms with Crippen molar-refractivity contribution in [2.24, 2.45) is 5.41 Å². The normalized spacial score (nSPS) is 27.8. The van der Waals surface area contributed by atoms with E-state index in [4.69, 9.17) is 0 Å². The number of nitrogens with one attached hydrogen (secondary N) is 1. The Morgan fingerprint density at radius 3 is 2.56 bits per heavy atom. The van der Waals surface area contributed by atoms with Gasteiger partial charge in [0.1, 0.15) is 5.82 Å². The molecule has 3 heteroatoms. The third kappa shape index (κ3) is 2.06. The molecule has 1 aromatic rings. The van der Waals surface area contributed by atoms with Gasteiger partial charge in [-0.25, -0.2) is 4.39 Å². The number of benzene rings is 1. The fourth-order valence-corrected chi connectivity index (χ4v) is 3.56. The van der Waals surface area contributed by atoms with E-state index in [2.05, 4.69) is 17.3 Å². The zero-order valence-corrected chi connectivity index (χ0v) is 11.0. The predicted molar refractivity (Wildman–Crippen MR) is 71.2 cm³/mol. The molecule has 0 radical (unpaired) electrons. The number of piperidine rings is 1. The number of likely N-dealkylation sites (tertiary alicyclic amines) is 1. The summed E-state index contributed by atoms with van der Waals surface area (Å²) in [5, 5.41) is 3.55. The summed E-state index contributed by atoms with van der Waals surface area (Å²) >= 11 is 0. The molecule has 2 fully saturated rings. The van der Waals surface area contributed by atoms with Crippen molar-refractivity contribution in [1.82, 2.24) is 10.2 Å². The van der Waals surface area contributed by atoms with Crippen molar-refractivity contribution in [3.8, 4) is 0 Å². The van der Waals surface area contributed by atoms with Crippen molar-refractivity contribution in [1.29, 1.82) is 0 Å². The van der Waals surface area contributed by atoms with E-state index >= 15 is 0 Å². The largest absolute Gasteiger partial charge is 0.316 e. The zero-order chi connectivity index (χ0) is 12.6. The molecular weight excluding hydrogens is 227 g/mol. The maximum absolute atomic E-state index is 13.0. The summed E-state index contributed by atoms with van der Waals surface area (Å²) in [7, 11) is 2.20. The fraction of sp³-hybridized carbons (Fsp3) is 0.600. The van der Waals surface area contributed by atoms with E-state index in [9.17, 15) is 4.39 Å². The van der Waals surface area contributed by atoms with Gasteiger partial charge in [-0.1, -0.05) is 12.1 Å². The van der Waals surface area contributed by atoms with Crippen LogP contribution in [0.2, 0.25) is 0 Å². The van der Waals surface area contributed by atoms with Crippen LogP contribution in [0.4, 0.5) is 4.39 Å². The molecule has 3 rings (SSSR count). The van der Waals surface area contributed by atoms with Crippen LogP contribution in [0.25, 0.3) is 0 Å². The molecule has 98 valence electrons. The molecule has 0 amide bonds. The van der Waals surface area contributed by atoms with E-state index in [1.165, 1.54) is 31.5 Å². The number of hydrogen-bond donors (Lipinski definition) is 1. The van der Waals surface area contributed by atoms with Crippen LogP contribution in [0, 0.1) is 11.2 Å². The van der Waals surface area contributed by atoms with Crippen molar-refractivity contribution in [3.63, 3.8) is 0 Å². The summed E-state index contributed by atoms with van der Waals surface area (Å²) in [5.41, 5.74) is 1.69. The minimum atomic E-state index is -0.137. The average molecular weight is 248 g/mol. The van der Waals surface area contributed by atoms with Crippen molar-refractivity contribution in [3.05, 3.63) is 35.6 Å². The van der Waals surface area contributed by atoms with Gasteiger partial charge in [0.2, 0.25) is 0 Å². The average Bonchev–Trinajstić information content (AvgIpc) is 2.78.